The lowest BCUT2D eigenvalue weighted by Gasteiger charge is -2.08. The predicted molar refractivity (Wildman–Crippen MR) is 52.1 cm³/mol. The SMILES string of the molecule is COC(=O)/C=C/NC(C)CSC. The minimum atomic E-state index is -0.334. The summed E-state index contributed by atoms with van der Waals surface area (Å²) in [7, 11) is 1.36. The van der Waals surface area contributed by atoms with Crippen LogP contribution in [0.25, 0.3) is 0 Å². The molecule has 0 fully saturated rings. The molecule has 0 aliphatic rings. The molecule has 0 saturated carbocycles. The summed E-state index contributed by atoms with van der Waals surface area (Å²) in [5, 5.41) is 3.05. The summed E-state index contributed by atoms with van der Waals surface area (Å²) >= 11 is 1.76. The maximum atomic E-state index is 10.6. The van der Waals surface area contributed by atoms with Gasteiger partial charge in [0.25, 0.3) is 0 Å². The number of hydrogen-bond donors (Lipinski definition) is 1. The largest absolute Gasteiger partial charge is 0.466 e. The van der Waals surface area contributed by atoms with Crippen LogP contribution in [-0.2, 0) is 9.53 Å². The van der Waals surface area contributed by atoms with Crippen molar-refractivity contribution in [3.63, 3.8) is 0 Å². The van der Waals surface area contributed by atoms with Gasteiger partial charge in [-0.3, -0.25) is 0 Å². The summed E-state index contributed by atoms with van der Waals surface area (Å²) in [6, 6.07) is 0.376. The van der Waals surface area contributed by atoms with Crippen molar-refractivity contribution in [2.45, 2.75) is 13.0 Å². The molecule has 1 N–H and O–H groups in total. The third kappa shape index (κ3) is 6.09. The Morgan fingerprint density at radius 3 is 2.92 bits per heavy atom. The normalized spacial score (nSPS) is 12.9. The van der Waals surface area contributed by atoms with Crippen LogP contribution in [0.2, 0.25) is 0 Å². The molecule has 1 unspecified atom stereocenters. The van der Waals surface area contributed by atoms with Crippen LogP contribution in [0.3, 0.4) is 0 Å². The van der Waals surface area contributed by atoms with Crippen LogP contribution in [0.4, 0.5) is 0 Å². The molecule has 0 aromatic carbocycles. The zero-order valence-corrected chi connectivity index (χ0v) is 8.48. The van der Waals surface area contributed by atoms with Crippen molar-refractivity contribution in [2.75, 3.05) is 19.1 Å². The van der Waals surface area contributed by atoms with Crippen LogP contribution in [0.1, 0.15) is 6.92 Å². The molecular formula is C8H15NO2S. The first-order chi connectivity index (χ1) is 5.70. The third-order valence-electron chi connectivity index (χ3n) is 1.22. The standard InChI is InChI=1S/C8H15NO2S/c1-7(6-12-3)9-5-4-8(10)11-2/h4-5,7,9H,6H2,1-3H3/b5-4+. The van der Waals surface area contributed by atoms with Gasteiger partial charge in [0.05, 0.1) is 7.11 Å². The van der Waals surface area contributed by atoms with E-state index in [9.17, 15) is 4.79 Å². The van der Waals surface area contributed by atoms with Gasteiger partial charge in [-0.15, -0.1) is 0 Å². The minimum absolute atomic E-state index is 0.334. The van der Waals surface area contributed by atoms with Crippen molar-refractivity contribution in [3.05, 3.63) is 12.3 Å². The number of carbonyl (C=O) groups is 1. The van der Waals surface area contributed by atoms with Crippen LogP contribution >= 0.6 is 11.8 Å². The Morgan fingerprint density at radius 1 is 1.75 bits per heavy atom. The van der Waals surface area contributed by atoms with Crippen molar-refractivity contribution in [2.24, 2.45) is 0 Å². The monoisotopic (exact) mass is 189 g/mol. The van der Waals surface area contributed by atoms with Gasteiger partial charge in [-0.05, 0) is 13.2 Å². The molecule has 70 valence electrons. The molecule has 0 amide bonds. The highest BCUT2D eigenvalue weighted by atomic mass is 32.2. The summed E-state index contributed by atoms with van der Waals surface area (Å²) in [5.74, 6) is 0.685. The van der Waals surface area contributed by atoms with Crippen LogP contribution in [0.15, 0.2) is 12.3 Å². The maximum Gasteiger partial charge on any atom is 0.331 e. The highest BCUT2D eigenvalue weighted by Gasteiger charge is 1.95. The first kappa shape index (κ1) is 11.4. The molecule has 0 heterocycles. The highest BCUT2D eigenvalue weighted by Crippen LogP contribution is 1.95. The number of ether oxygens (including phenoxy) is 1. The number of nitrogens with one attached hydrogen (secondary N) is 1. The molecule has 1 atom stereocenters. The molecule has 0 aliphatic heterocycles. The van der Waals surface area contributed by atoms with E-state index in [1.54, 1.807) is 18.0 Å². The van der Waals surface area contributed by atoms with E-state index < -0.39 is 0 Å². The molecule has 0 aromatic heterocycles. The summed E-state index contributed by atoms with van der Waals surface area (Å²) < 4.78 is 4.42. The van der Waals surface area contributed by atoms with Gasteiger partial charge in [0, 0.05) is 24.1 Å². The lowest BCUT2D eigenvalue weighted by atomic mass is 10.4. The van der Waals surface area contributed by atoms with E-state index in [4.69, 9.17) is 0 Å². The van der Waals surface area contributed by atoms with E-state index in [0.29, 0.717) is 6.04 Å². The second-order valence-electron chi connectivity index (χ2n) is 2.38. The Morgan fingerprint density at radius 2 is 2.42 bits per heavy atom. The number of esters is 1. The van der Waals surface area contributed by atoms with Gasteiger partial charge in [0.2, 0.25) is 0 Å². The number of carbonyl (C=O) groups excluding carboxylic acids is 1. The second-order valence-corrected chi connectivity index (χ2v) is 3.29. The van der Waals surface area contributed by atoms with Crippen LogP contribution < -0.4 is 5.32 Å². The third-order valence-corrected chi connectivity index (χ3v) is 2.05. The fourth-order valence-electron chi connectivity index (χ4n) is 0.647. The maximum absolute atomic E-state index is 10.6. The topological polar surface area (TPSA) is 38.3 Å². The Labute approximate surface area is 77.6 Å². The van der Waals surface area contributed by atoms with Crippen LogP contribution in [-0.4, -0.2) is 31.1 Å². The Kier molecular flexibility index (Phi) is 6.66. The van der Waals surface area contributed by atoms with Crippen LogP contribution in [0.5, 0.6) is 0 Å². The molecule has 3 nitrogen and oxygen atoms in total. The van der Waals surface area contributed by atoms with E-state index in [0.717, 1.165) is 5.75 Å². The summed E-state index contributed by atoms with van der Waals surface area (Å²) in [4.78, 5) is 10.6. The van der Waals surface area contributed by atoms with Gasteiger partial charge < -0.3 is 10.1 Å². The molecule has 0 aliphatic carbocycles. The first-order valence-corrected chi connectivity index (χ1v) is 5.09. The average Bonchev–Trinajstić information content (AvgIpc) is 2.04. The van der Waals surface area contributed by atoms with E-state index in [2.05, 4.69) is 17.0 Å². The predicted octanol–water partition coefficient (Wildman–Crippen LogP) is 1.01. The highest BCUT2D eigenvalue weighted by molar-refractivity contribution is 7.98. The van der Waals surface area contributed by atoms with Crippen molar-refractivity contribution in [1.29, 1.82) is 0 Å². The molecule has 0 spiro atoms. The smallest absolute Gasteiger partial charge is 0.331 e. The molecule has 4 heteroatoms. The summed E-state index contributed by atoms with van der Waals surface area (Å²) in [5.41, 5.74) is 0. The number of rotatable bonds is 5. The number of thioether (sulfide) groups is 1. The molecule has 0 radical (unpaired) electrons. The van der Waals surface area contributed by atoms with Crippen molar-refractivity contribution < 1.29 is 9.53 Å². The fourth-order valence-corrected chi connectivity index (χ4v) is 1.24. The van der Waals surface area contributed by atoms with E-state index in [1.807, 2.05) is 6.26 Å². The zero-order valence-electron chi connectivity index (χ0n) is 7.66. The Balaban J connectivity index is 3.52. The van der Waals surface area contributed by atoms with Crippen molar-refractivity contribution >= 4 is 17.7 Å². The van der Waals surface area contributed by atoms with Crippen molar-refractivity contribution in [1.82, 2.24) is 5.32 Å². The van der Waals surface area contributed by atoms with Gasteiger partial charge in [0.1, 0.15) is 0 Å². The van der Waals surface area contributed by atoms with Crippen LogP contribution in [0, 0.1) is 0 Å². The average molecular weight is 189 g/mol. The number of hydrogen-bond acceptors (Lipinski definition) is 4. The number of methoxy groups -OCH3 is 1. The summed E-state index contributed by atoms with van der Waals surface area (Å²) in [6.45, 7) is 2.05. The minimum Gasteiger partial charge on any atom is -0.466 e. The van der Waals surface area contributed by atoms with Gasteiger partial charge in [-0.25, -0.2) is 4.79 Å². The van der Waals surface area contributed by atoms with Gasteiger partial charge in [0.15, 0.2) is 0 Å². The van der Waals surface area contributed by atoms with Gasteiger partial charge >= 0.3 is 5.97 Å². The lowest BCUT2D eigenvalue weighted by Crippen LogP contribution is -2.22. The lowest BCUT2D eigenvalue weighted by molar-refractivity contribution is -0.134. The fraction of sp³-hybridized carbons (Fsp3) is 0.625. The molecule has 0 saturated heterocycles. The van der Waals surface area contributed by atoms with Crippen molar-refractivity contribution in [3.8, 4) is 0 Å². The first-order valence-electron chi connectivity index (χ1n) is 3.70. The van der Waals surface area contributed by atoms with E-state index >= 15 is 0 Å². The quantitative estimate of drug-likeness (QED) is 0.517. The second kappa shape index (κ2) is 7.03. The Hall–Kier alpha value is -0.640. The van der Waals surface area contributed by atoms with E-state index in [1.165, 1.54) is 13.2 Å². The molecule has 12 heavy (non-hydrogen) atoms. The van der Waals surface area contributed by atoms with Gasteiger partial charge in [-0.2, -0.15) is 11.8 Å². The molecular weight excluding hydrogens is 174 g/mol. The van der Waals surface area contributed by atoms with Gasteiger partial charge in [-0.1, -0.05) is 0 Å². The molecule has 0 rings (SSSR count). The van der Waals surface area contributed by atoms with E-state index in [-0.39, 0.29) is 5.97 Å². The zero-order chi connectivity index (χ0) is 9.40. The summed E-state index contributed by atoms with van der Waals surface area (Å²) in [6.07, 6.45) is 5.03. The molecule has 0 bridgehead atoms. The Bertz CT molecular complexity index is 159. The molecule has 0 aromatic rings.